The summed E-state index contributed by atoms with van der Waals surface area (Å²) in [6, 6.07) is 13.6. The van der Waals surface area contributed by atoms with Crippen molar-refractivity contribution < 1.29 is 8.78 Å². The van der Waals surface area contributed by atoms with Gasteiger partial charge in [-0.25, -0.2) is 23.4 Å². The molecule has 5 nitrogen and oxygen atoms in total. The van der Waals surface area contributed by atoms with Crippen LogP contribution in [0.5, 0.6) is 0 Å². The maximum atomic E-state index is 14.1. The van der Waals surface area contributed by atoms with Crippen LogP contribution in [0.2, 0.25) is 0 Å². The van der Waals surface area contributed by atoms with Gasteiger partial charge in [0.15, 0.2) is 0 Å². The Morgan fingerprint density at radius 2 is 1.60 bits per heavy atom. The molecule has 2 aromatic heterocycles. The number of rotatable bonds is 4. The van der Waals surface area contributed by atoms with Gasteiger partial charge in [-0.3, -0.25) is 4.99 Å². The Kier molecular flexibility index (Phi) is 4.63. The fraction of sp³-hybridized carbons (Fsp3) is 0.130. The lowest BCUT2D eigenvalue weighted by molar-refractivity contribution is 0.578. The van der Waals surface area contributed by atoms with E-state index in [-0.39, 0.29) is 11.6 Å². The lowest BCUT2D eigenvalue weighted by Crippen LogP contribution is -2.03. The zero-order chi connectivity index (χ0) is 20.5. The highest BCUT2D eigenvalue weighted by Gasteiger charge is 2.24. The summed E-state index contributed by atoms with van der Waals surface area (Å²) in [4.78, 5) is 13.3. The molecule has 2 aromatic carbocycles. The molecule has 1 aliphatic rings. The van der Waals surface area contributed by atoms with Crippen LogP contribution in [0.4, 0.5) is 8.78 Å². The van der Waals surface area contributed by atoms with Gasteiger partial charge in [0.1, 0.15) is 11.6 Å². The summed E-state index contributed by atoms with van der Waals surface area (Å²) < 4.78 is 29.7. The van der Waals surface area contributed by atoms with Crippen molar-refractivity contribution >= 4 is 5.71 Å². The van der Waals surface area contributed by atoms with Gasteiger partial charge in [-0.15, -0.1) is 0 Å². The third kappa shape index (κ3) is 3.39. The van der Waals surface area contributed by atoms with E-state index in [1.165, 1.54) is 18.2 Å². The number of halogens is 2. The Hall–Kier alpha value is -3.74. The van der Waals surface area contributed by atoms with E-state index in [1.807, 2.05) is 30.3 Å². The standard InChI is InChI=1S/C23H17F2N5/c24-18-3-1-4-19(25)22(18)21-10-9-20(29-21)16-7-5-15(6-8-16)17-13-26-23(27-14-17)30-12-2-11-28-30/h1-8,11-14,20H,9-10H2. The molecular weight excluding hydrogens is 384 g/mol. The van der Waals surface area contributed by atoms with Crippen LogP contribution in [0, 0.1) is 11.6 Å². The van der Waals surface area contributed by atoms with Crippen molar-refractivity contribution in [3.8, 4) is 17.1 Å². The van der Waals surface area contributed by atoms with E-state index in [2.05, 4.69) is 20.1 Å². The average Bonchev–Trinajstić information content (AvgIpc) is 3.47. The van der Waals surface area contributed by atoms with E-state index in [0.717, 1.165) is 23.1 Å². The van der Waals surface area contributed by atoms with E-state index >= 15 is 0 Å². The molecule has 0 N–H and O–H groups in total. The van der Waals surface area contributed by atoms with Crippen molar-refractivity contribution in [3.63, 3.8) is 0 Å². The molecule has 3 heterocycles. The van der Waals surface area contributed by atoms with Gasteiger partial charge in [-0.1, -0.05) is 30.3 Å². The Bertz CT molecular complexity index is 1180. The van der Waals surface area contributed by atoms with Gasteiger partial charge in [-0.2, -0.15) is 5.10 Å². The first kappa shape index (κ1) is 18.3. The molecule has 30 heavy (non-hydrogen) atoms. The van der Waals surface area contributed by atoms with Gasteiger partial charge in [0.2, 0.25) is 5.95 Å². The first-order valence-corrected chi connectivity index (χ1v) is 9.62. The summed E-state index contributed by atoms with van der Waals surface area (Å²) >= 11 is 0. The predicted octanol–water partition coefficient (Wildman–Crippen LogP) is 4.93. The van der Waals surface area contributed by atoms with Crippen LogP contribution >= 0.6 is 0 Å². The molecule has 0 saturated heterocycles. The molecule has 1 atom stereocenters. The van der Waals surface area contributed by atoms with Crippen LogP contribution in [0.1, 0.15) is 30.0 Å². The average molecular weight is 401 g/mol. The van der Waals surface area contributed by atoms with Crippen molar-refractivity contribution in [2.45, 2.75) is 18.9 Å². The zero-order valence-electron chi connectivity index (χ0n) is 15.9. The van der Waals surface area contributed by atoms with Crippen molar-refractivity contribution in [3.05, 3.63) is 96.1 Å². The molecule has 1 unspecified atom stereocenters. The molecule has 148 valence electrons. The predicted molar refractivity (Wildman–Crippen MR) is 109 cm³/mol. The van der Waals surface area contributed by atoms with Crippen LogP contribution < -0.4 is 0 Å². The van der Waals surface area contributed by atoms with Crippen LogP contribution in [-0.2, 0) is 0 Å². The molecule has 1 aliphatic heterocycles. The first-order chi connectivity index (χ1) is 14.7. The van der Waals surface area contributed by atoms with Crippen LogP contribution in [-0.4, -0.2) is 25.5 Å². The third-order valence-electron chi connectivity index (χ3n) is 5.19. The number of nitrogens with zero attached hydrogens (tertiary/aromatic N) is 5. The molecule has 0 aliphatic carbocycles. The highest BCUT2D eigenvalue weighted by Crippen LogP contribution is 2.33. The normalized spacial score (nSPS) is 15.9. The Morgan fingerprint density at radius 3 is 2.27 bits per heavy atom. The fourth-order valence-corrected chi connectivity index (χ4v) is 3.67. The molecule has 0 fully saturated rings. The summed E-state index contributed by atoms with van der Waals surface area (Å²) in [5.74, 6) is -0.625. The van der Waals surface area contributed by atoms with Gasteiger partial charge in [0.05, 0.1) is 11.6 Å². The topological polar surface area (TPSA) is 56.0 Å². The summed E-state index contributed by atoms with van der Waals surface area (Å²) in [6.45, 7) is 0. The summed E-state index contributed by atoms with van der Waals surface area (Å²) in [5.41, 5.74) is 3.36. The second-order valence-corrected chi connectivity index (χ2v) is 7.07. The monoisotopic (exact) mass is 401 g/mol. The summed E-state index contributed by atoms with van der Waals surface area (Å²) in [6.07, 6.45) is 8.25. The van der Waals surface area contributed by atoms with E-state index in [1.54, 1.807) is 29.5 Å². The Morgan fingerprint density at radius 1 is 0.867 bits per heavy atom. The molecule has 5 rings (SSSR count). The minimum Gasteiger partial charge on any atom is -0.281 e. The molecule has 7 heteroatoms. The molecule has 0 radical (unpaired) electrons. The minimum absolute atomic E-state index is 0.00830. The maximum absolute atomic E-state index is 14.1. The highest BCUT2D eigenvalue weighted by molar-refractivity contribution is 6.02. The number of benzene rings is 2. The van der Waals surface area contributed by atoms with Crippen LogP contribution in [0.25, 0.3) is 17.1 Å². The molecule has 4 aromatic rings. The largest absolute Gasteiger partial charge is 0.281 e. The number of aliphatic imine (C=N–C) groups is 1. The molecule has 0 spiro atoms. The third-order valence-corrected chi connectivity index (χ3v) is 5.19. The van der Waals surface area contributed by atoms with Gasteiger partial charge in [-0.05, 0) is 42.2 Å². The van der Waals surface area contributed by atoms with Crippen LogP contribution in [0.3, 0.4) is 0 Å². The smallest absolute Gasteiger partial charge is 0.250 e. The van der Waals surface area contributed by atoms with Gasteiger partial charge in [0, 0.05) is 36.1 Å². The van der Waals surface area contributed by atoms with Gasteiger partial charge >= 0.3 is 0 Å². The van der Waals surface area contributed by atoms with E-state index < -0.39 is 11.6 Å². The molecule has 0 amide bonds. The van der Waals surface area contributed by atoms with Crippen molar-refractivity contribution in [1.29, 1.82) is 0 Å². The van der Waals surface area contributed by atoms with Crippen molar-refractivity contribution in [2.24, 2.45) is 4.99 Å². The lowest BCUT2D eigenvalue weighted by Gasteiger charge is -2.09. The molecule has 0 saturated carbocycles. The Balaban J connectivity index is 1.36. The SMILES string of the molecule is Fc1cccc(F)c1C1=NC(c2ccc(-c3cnc(-n4cccn4)nc3)cc2)CC1. The quantitative estimate of drug-likeness (QED) is 0.487. The second-order valence-electron chi connectivity index (χ2n) is 7.07. The first-order valence-electron chi connectivity index (χ1n) is 9.62. The van der Waals surface area contributed by atoms with Gasteiger partial charge in [0.25, 0.3) is 0 Å². The fourth-order valence-electron chi connectivity index (χ4n) is 3.67. The van der Waals surface area contributed by atoms with E-state index in [9.17, 15) is 8.78 Å². The Labute approximate surface area is 171 Å². The van der Waals surface area contributed by atoms with E-state index in [4.69, 9.17) is 0 Å². The van der Waals surface area contributed by atoms with Crippen LogP contribution in [0.15, 0.2) is 78.3 Å². The highest BCUT2D eigenvalue weighted by atomic mass is 19.1. The van der Waals surface area contributed by atoms with Gasteiger partial charge < -0.3 is 0 Å². The summed E-state index contributed by atoms with van der Waals surface area (Å²) in [5, 5.41) is 4.12. The van der Waals surface area contributed by atoms with Crippen molar-refractivity contribution in [1.82, 2.24) is 19.7 Å². The number of aromatic nitrogens is 4. The van der Waals surface area contributed by atoms with Crippen molar-refractivity contribution in [2.75, 3.05) is 0 Å². The molecular formula is C23H17F2N5. The van der Waals surface area contributed by atoms with E-state index in [0.29, 0.717) is 18.1 Å². The number of hydrogen-bond acceptors (Lipinski definition) is 4. The number of hydrogen-bond donors (Lipinski definition) is 0. The molecule has 0 bridgehead atoms. The summed E-state index contributed by atoms with van der Waals surface area (Å²) in [7, 11) is 0. The lowest BCUT2D eigenvalue weighted by atomic mass is 10.0. The maximum Gasteiger partial charge on any atom is 0.250 e. The second kappa shape index (κ2) is 7.59. The zero-order valence-corrected chi connectivity index (χ0v) is 15.9. The minimum atomic E-state index is -0.566.